The minimum absolute atomic E-state index is 0.144. The Balaban J connectivity index is 1.39. The molecule has 2 aliphatic rings. The molecule has 0 bridgehead atoms. The molecule has 36 heavy (non-hydrogen) atoms. The number of ether oxygens (including phenoxy) is 1. The number of rotatable bonds is 6. The summed E-state index contributed by atoms with van der Waals surface area (Å²) in [6.45, 7) is 11.4. The summed E-state index contributed by atoms with van der Waals surface area (Å²) in [6.07, 6.45) is 4.31. The van der Waals surface area contributed by atoms with E-state index in [1.165, 1.54) is 22.7 Å². The van der Waals surface area contributed by atoms with Crippen LogP contribution >= 0.6 is 12.2 Å². The number of benzene rings is 2. The molecule has 1 saturated carbocycles. The molecule has 182 valence electrons. The van der Waals surface area contributed by atoms with E-state index in [0.29, 0.717) is 42.8 Å². The zero-order valence-corrected chi connectivity index (χ0v) is 20.9. The van der Waals surface area contributed by atoms with Gasteiger partial charge in [0.1, 0.15) is 11.7 Å². The van der Waals surface area contributed by atoms with Crippen LogP contribution in [0.3, 0.4) is 0 Å². The van der Waals surface area contributed by atoms with Crippen LogP contribution in [0.2, 0.25) is 0 Å². The second-order valence-corrected chi connectivity index (χ2v) is 9.59. The quantitative estimate of drug-likeness (QED) is 0.304. The summed E-state index contributed by atoms with van der Waals surface area (Å²) in [5.74, 6) is -0.196. The van der Waals surface area contributed by atoms with Gasteiger partial charge >= 0.3 is 0 Å². The van der Waals surface area contributed by atoms with Crippen LogP contribution in [0.4, 0.5) is 21.6 Å². The third kappa shape index (κ3) is 3.90. The van der Waals surface area contributed by atoms with E-state index in [-0.39, 0.29) is 22.6 Å². The summed E-state index contributed by atoms with van der Waals surface area (Å²) in [6, 6.07) is 14.5. The van der Waals surface area contributed by atoms with Crippen LogP contribution in [0.15, 0.2) is 54.7 Å². The van der Waals surface area contributed by atoms with Crippen LogP contribution in [-0.4, -0.2) is 28.1 Å². The predicted octanol–water partition coefficient (Wildman–Crippen LogP) is 6.07. The van der Waals surface area contributed by atoms with Gasteiger partial charge in [0.05, 0.1) is 12.3 Å². The summed E-state index contributed by atoms with van der Waals surface area (Å²) in [5, 5.41) is 0.282. The fourth-order valence-corrected chi connectivity index (χ4v) is 5.38. The Labute approximate surface area is 215 Å². The van der Waals surface area contributed by atoms with Crippen LogP contribution in [-0.2, 0) is 11.2 Å². The number of halogens is 1. The molecule has 6 nitrogen and oxygen atoms in total. The topological polar surface area (TPSA) is 50.0 Å². The standard InChI is InChI=1S/C28H25FN4O2S/c1-18-7-4-5-8-20(18)11-14-35-24-10-9-21(16-23(24)29)33-27(36)32(26(34)28(33)12-6-13-28)22-15-19(2)25(30-3)31-17-22/h4-5,7-10,15-17H,6,11-14H2,1-2H3. The first-order chi connectivity index (χ1) is 17.4. The van der Waals surface area contributed by atoms with E-state index >= 15 is 4.39 Å². The van der Waals surface area contributed by atoms with E-state index in [4.69, 9.17) is 23.5 Å². The molecule has 8 heteroatoms. The van der Waals surface area contributed by atoms with E-state index in [9.17, 15) is 4.79 Å². The van der Waals surface area contributed by atoms with Gasteiger partial charge in [-0.25, -0.2) is 4.39 Å². The molecule has 2 fully saturated rings. The largest absolute Gasteiger partial charge is 0.490 e. The Kier molecular flexibility index (Phi) is 6.19. The number of aryl methyl sites for hydroxylation is 2. The summed E-state index contributed by atoms with van der Waals surface area (Å²) in [5.41, 5.74) is 3.20. The van der Waals surface area contributed by atoms with Crippen molar-refractivity contribution in [3.8, 4) is 5.75 Å². The zero-order valence-electron chi connectivity index (χ0n) is 20.1. The lowest BCUT2D eigenvalue weighted by Gasteiger charge is -2.43. The number of carbonyl (C=O) groups is 1. The number of nitrogens with zero attached hydrogens (tertiary/aromatic N) is 4. The molecule has 2 heterocycles. The summed E-state index contributed by atoms with van der Waals surface area (Å²) in [4.78, 5) is 24.4. The Bertz CT molecular complexity index is 1410. The maximum atomic E-state index is 15.1. The summed E-state index contributed by atoms with van der Waals surface area (Å²) >= 11 is 5.76. The second-order valence-electron chi connectivity index (χ2n) is 9.23. The average Bonchev–Trinajstić information content (AvgIpc) is 3.08. The van der Waals surface area contributed by atoms with Crippen molar-refractivity contribution in [3.05, 3.63) is 88.7 Å². The Hall–Kier alpha value is -3.83. The van der Waals surface area contributed by atoms with E-state index in [2.05, 4.69) is 9.83 Å². The molecule has 1 saturated heterocycles. The Morgan fingerprint density at radius 2 is 1.92 bits per heavy atom. The lowest BCUT2D eigenvalue weighted by atomic mass is 9.75. The van der Waals surface area contributed by atoms with Crippen molar-refractivity contribution in [1.29, 1.82) is 0 Å². The molecule has 1 spiro atoms. The lowest BCUT2D eigenvalue weighted by Crippen LogP contribution is -2.55. The van der Waals surface area contributed by atoms with E-state index in [1.807, 2.05) is 31.2 Å². The minimum Gasteiger partial charge on any atom is -0.490 e. The van der Waals surface area contributed by atoms with Crippen molar-refractivity contribution in [2.75, 3.05) is 16.4 Å². The van der Waals surface area contributed by atoms with Gasteiger partial charge in [-0.2, -0.15) is 0 Å². The first kappa shape index (κ1) is 23.9. The first-order valence-electron chi connectivity index (χ1n) is 11.9. The van der Waals surface area contributed by atoms with Crippen molar-refractivity contribution in [3.63, 3.8) is 0 Å². The monoisotopic (exact) mass is 500 g/mol. The van der Waals surface area contributed by atoms with Crippen molar-refractivity contribution < 1.29 is 13.9 Å². The molecule has 1 aliphatic carbocycles. The number of hydrogen-bond acceptors (Lipinski definition) is 4. The van der Waals surface area contributed by atoms with Gasteiger partial charge in [-0.1, -0.05) is 30.8 Å². The third-order valence-corrected chi connectivity index (χ3v) is 7.42. The highest BCUT2D eigenvalue weighted by molar-refractivity contribution is 7.81. The number of amides is 1. The van der Waals surface area contributed by atoms with E-state index in [0.717, 1.165) is 12.0 Å². The van der Waals surface area contributed by atoms with Gasteiger partial charge in [0.15, 0.2) is 16.7 Å². The molecule has 1 aliphatic heterocycles. The molecule has 1 aromatic heterocycles. The van der Waals surface area contributed by atoms with Crippen LogP contribution in [0.5, 0.6) is 5.75 Å². The van der Waals surface area contributed by atoms with Gasteiger partial charge in [0, 0.05) is 18.2 Å². The summed E-state index contributed by atoms with van der Waals surface area (Å²) in [7, 11) is 0. The van der Waals surface area contributed by atoms with E-state index in [1.54, 1.807) is 30.0 Å². The zero-order chi connectivity index (χ0) is 25.4. The average molecular weight is 501 g/mol. The molecule has 0 atom stereocenters. The van der Waals surface area contributed by atoms with Crippen molar-refractivity contribution in [2.24, 2.45) is 0 Å². The molecule has 2 aromatic carbocycles. The van der Waals surface area contributed by atoms with Crippen LogP contribution in [0.1, 0.15) is 36.0 Å². The first-order valence-corrected chi connectivity index (χ1v) is 12.3. The van der Waals surface area contributed by atoms with Crippen LogP contribution in [0.25, 0.3) is 4.85 Å². The molecule has 1 amide bonds. The predicted molar refractivity (Wildman–Crippen MR) is 141 cm³/mol. The van der Waals surface area contributed by atoms with Crippen molar-refractivity contribution >= 4 is 40.4 Å². The van der Waals surface area contributed by atoms with Gasteiger partial charge in [-0.15, -0.1) is 4.98 Å². The number of anilines is 2. The lowest BCUT2D eigenvalue weighted by molar-refractivity contribution is -0.123. The third-order valence-electron chi connectivity index (χ3n) is 7.06. The molecule has 5 rings (SSSR count). The Morgan fingerprint density at radius 1 is 1.14 bits per heavy atom. The molecule has 3 aromatic rings. The van der Waals surface area contributed by atoms with Crippen molar-refractivity contribution in [2.45, 2.75) is 45.1 Å². The van der Waals surface area contributed by atoms with Gasteiger partial charge in [-0.3, -0.25) is 9.69 Å². The van der Waals surface area contributed by atoms with Gasteiger partial charge in [0.25, 0.3) is 11.7 Å². The minimum atomic E-state index is -0.830. The number of aromatic nitrogens is 1. The van der Waals surface area contributed by atoms with Gasteiger partial charge in [-0.05, 0) is 80.2 Å². The number of thiocarbonyl (C=S) groups is 1. The van der Waals surface area contributed by atoms with E-state index < -0.39 is 11.4 Å². The number of pyridine rings is 1. The SMILES string of the molecule is [C-]#[N+]c1ncc(N2C(=O)C3(CCC3)N(c3ccc(OCCc4ccccc4C)c(F)c3)C2=S)cc1C. The molecular formula is C28H25FN4O2S. The van der Waals surface area contributed by atoms with Gasteiger partial charge in [0.2, 0.25) is 0 Å². The van der Waals surface area contributed by atoms with Crippen LogP contribution < -0.4 is 14.5 Å². The highest BCUT2D eigenvalue weighted by atomic mass is 32.1. The van der Waals surface area contributed by atoms with Crippen molar-refractivity contribution in [1.82, 2.24) is 4.98 Å². The highest BCUT2D eigenvalue weighted by Gasteiger charge is 2.59. The van der Waals surface area contributed by atoms with Gasteiger partial charge < -0.3 is 14.5 Å². The molecule has 0 radical (unpaired) electrons. The number of hydrogen-bond donors (Lipinski definition) is 0. The number of carbonyl (C=O) groups excluding carboxylic acids is 1. The van der Waals surface area contributed by atoms with Crippen LogP contribution in [0, 0.1) is 26.2 Å². The molecule has 0 unspecified atom stereocenters. The molecule has 0 N–H and O–H groups in total. The maximum absolute atomic E-state index is 15.1. The maximum Gasteiger partial charge on any atom is 0.272 e. The molecular weight excluding hydrogens is 475 g/mol. The summed E-state index contributed by atoms with van der Waals surface area (Å²) < 4.78 is 20.9. The highest BCUT2D eigenvalue weighted by Crippen LogP contribution is 2.48. The fourth-order valence-electron chi connectivity index (χ4n) is 4.91. The Morgan fingerprint density at radius 3 is 2.56 bits per heavy atom. The normalized spacial score (nSPS) is 16.3. The smallest absolute Gasteiger partial charge is 0.272 e. The fraction of sp³-hybridized carbons (Fsp3) is 0.286. The second kappa shape index (κ2) is 9.32.